The molecule has 1 atom stereocenters. The SMILES string of the molecule is CC(N)C(F)(F)c1ccc(Cl)s1. The van der Waals surface area contributed by atoms with Crippen LogP contribution < -0.4 is 5.73 Å². The molecule has 0 aliphatic heterocycles. The Kier molecular flexibility index (Phi) is 2.70. The van der Waals surface area contributed by atoms with E-state index in [0.717, 1.165) is 11.3 Å². The first-order valence-corrected chi connectivity index (χ1v) is 4.53. The van der Waals surface area contributed by atoms with Gasteiger partial charge in [-0.3, -0.25) is 0 Å². The Bertz CT molecular complexity index is 272. The van der Waals surface area contributed by atoms with Crippen LogP contribution in [0.1, 0.15) is 11.8 Å². The molecule has 0 saturated carbocycles. The number of thiophene rings is 1. The highest BCUT2D eigenvalue weighted by molar-refractivity contribution is 7.16. The molecule has 5 heteroatoms. The number of halogens is 3. The normalized spacial score (nSPS) is 14.8. The average Bonchev–Trinajstić information content (AvgIpc) is 2.35. The highest BCUT2D eigenvalue weighted by Crippen LogP contribution is 2.37. The van der Waals surface area contributed by atoms with Crippen molar-refractivity contribution in [3.05, 3.63) is 21.3 Å². The van der Waals surface area contributed by atoms with Crippen molar-refractivity contribution in [2.75, 3.05) is 0 Å². The summed E-state index contributed by atoms with van der Waals surface area (Å²) in [7, 11) is 0. The van der Waals surface area contributed by atoms with Crippen LogP contribution in [0.2, 0.25) is 4.34 Å². The summed E-state index contributed by atoms with van der Waals surface area (Å²) < 4.78 is 26.6. The van der Waals surface area contributed by atoms with Gasteiger partial charge in [-0.05, 0) is 19.1 Å². The van der Waals surface area contributed by atoms with Crippen molar-refractivity contribution in [1.82, 2.24) is 0 Å². The summed E-state index contributed by atoms with van der Waals surface area (Å²) in [6.45, 7) is 1.27. The second kappa shape index (κ2) is 3.28. The molecule has 1 nitrogen and oxygen atoms in total. The van der Waals surface area contributed by atoms with Crippen LogP contribution >= 0.6 is 22.9 Å². The third-order valence-electron chi connectivity index (χ3n) is 1.47. The number of hydrogen-bond donors (Lipinski definition) is 1. The quantitative estimate of drug-likeness (QED) is 0.800. The topological polar surface area (TPSA) is 26.0 Å². The van der Waals surface area contributed by atoms with Gasteiger partial charge in [0.2, 0.25) is 0 Å². The Morgan fingerprint density at radius 2 is 2.17 bits per heavy atom. The molecule has 0 radical (unpaired) electrons. The highest BCUT2D eigenvalue weighted by atomic mass is 35.5. The minimum atomic E-state index is -2.97. The van der Waals surface area contributed by atoms with Crippen LogP contribution in [-0.4, -0.2) is 6.04 Å². The minimum Gasteiger partial charge on any atom is -0.323 e. The zero-order valence-electron chi connectivity index (χ0n) is 6.35. The Hall–Kier alpha value is -0.190. The van der Waals surface area contributed by atoms with Gasteiger partial charge < -0.3 is 5.73 Å². The van der Waals surface area contributed by atoms with Crippen molar-refractivity contribution in [2.45, 2.75) is 18.9 Å². The van der Waals surface area contributed by atoms with Gasteiger partial charge in [0.25, 0.3) is 5.92 Å². The second-order valence-corrected chi connectivity index (χ2v) is 4.23. The number of hydrogen-bond acceptors (Lipinski definition) is 2. The van der Waals surface area contributed by atoms with Gasteiger partial charge in [0.05, 0.1) is 15.3 Å². The van der Waals surface area contributed by atoms with E-state index < -0.39 is 12.0 Å². The Morgan fingerprint density at radius 3 is 2.50 bits per heavy atom. The van der Waals surface area contributed by atoms with Crippen LogP contribution in [0.25, 0.3) is 0 Å². The molecule has 0 saturated heterocycles. The van der Waals surface area contributed by atoms with E-state index in [4.69, 9.17) is 17.3 Å². The van der Waals surface area contributed by atoms with Crippen molar-refractivity contribution in [2.24, 2.45) is 5.73 Å². The van der Waals surface area contributed by atoms with Gasteiger partial charge in [0.1, 0.15) is 0 Å². The lowest BCUT2D eigenvalue weighted by atomic mass is 10.1. The molecule has 0 bridgehead atoms. The van der Waals surface area contributed by atoms with Gasteiger partial charge >= 0.3 is 0 Å². The summed E-state index contributed by atoms with van der Waals surface area (Å²) in [6.07, 6.45) is 0. The van der Waals surface area contributed by atoms with Crippen LogP contribution in [0.4, 0.5) is 8.78 Å². The summed E-state index contributed by atoms with van der Waals surface area (Å²) in [5.74, 6) is -2.97. The van der Waals surface area contributed by atoms with E-state index in [1.165, 1.54) is 19.1 Å². The first-order valence-electron chi connectivity index (χ1n) is 3.34. The number of alkyl halides is 2. The zero-order valence-corrected chi connectivity index (χ0v) is 7.92. The third kappa shape index (κ3) is 1.76. The van der Waals surface area contributed by atoms with Crippen molar-refractivity contribution in [1.29, 1.82) is 0 Å². The molecule has 0 fully saturated rings. The molecule has 1 aromatic heterocycles. The van der Waals surface area contributed by atoms with Gasteiger partial charge in [-0.1, -0.05) is 11.6 Å². The molecule has 0 aliphatic rings. The molecule has 1 rings (SSSR count). The van der Waals surface area contributed by atoms with E-state index in [9.17, 15) is 8.78 Å². The summed E-state index contributed by atoms with van der Waals surface area (Å²) in [5.41, 5.74) is 5.13. The van der Waals surface area contributed by atoms with E-state index in [1.807, 2.05) is 0 Å². The fourth-order valence-corrected chi connectivity index (χ4v) is 1.83. The Labute approximate surface area is 78.1 Å². The Morgan fingerprint density at radius 1 is 1.58 bits per heavy atom. The molecule has 0 spiro atoms. The van der Waals surface area contributed by atoms with Crippen LogP contribution in [0, 0.1) is 0 Å². The van der Waals surface area contributed by atoms with E-state index in [-0.39, 0.29) is 4.88 Å². The molecule has 0 aromatic carbocycles. The molecule has 0 aliphatic carbocycles. The average molecular weight is 212 g/mol. The first kappa shape index (κ1) is 9.89. The monoisotopic (exact) mass is 211 g/mol. The highest BCUT2D eigenvalue weighted by Gasteiger charge is 2.37. The van der Waals surface area contributed by atoms with E-state index in [0.29, 0.717) is 4.34 Å². The maximum absolute atomic E-state index is 13.1. The zero-order chi connectivity index (χ0) is 9.35. The molecule has 68 valence electrons. The molecule has 2 N–H and O–H groups in total. The largest absolute Gasteiger partial charge is 0.323 e. The summed E-state index contributed by atoms with van der Waals surface area (Å²) in [6, 6.07) is 1.56. The fourth-order valence-electron chi connectivity index (χ4n) is 0.718. The smallest absolute Gasteiger partial charge is 0.296 e. The molecule has 12 heavy (non-hydrogen) atoms. The second-order valence-electron chi connectivity index (χ2n) is 2.52. The lowest BCUT2D eigenvalue weighted by Crippen LogP contribution is -2.35. The summed E-state index contributed by atoms with van der Waals surface area (Å²) in [4.78, 5) is -0.0810. The predicted octanol–water partition coefficient (Wildman–Crippen LogP) is 2.84. The summed E-state index contributed by atoms with van der Waals surface area (Å²) in [5, 5.41) is 0. The number of rotatable bonds is 2. The lowest BCUT2D eigenvalue weighted by Gasteiger charge is -2.17. The van der Waals surface area contributed by atoms with Gasteiger partial charge in [0, 0.05) is 0 Å². The van der Waals surface area contributed by atoms with Gasteiger partial charge in [-0.25, -0.2) is 0 Å². The van der Waals surface area contributed by atoms with Gasteiger partial charge in [0.15, 0.2) is 0 Å². The molecule has 1 aromatic rings. The maximum atomic E-state index is 13.1. The van der Waals surface area contributed by atoms with Crippen LogP contribution in [-0.2, 0) is 5.92 Å². The van der Waals surface area contributed by atoms with E-state index in [2.05, 4.69) is 0 Å². The minimum absolute atomic E-state index is 0.0810. The molecule has 0 amide bonds. The van der Waals surface area contributed by atoms with Crippen molar-refractivity contribution < 1.29 is 8.78 Å². The van der Waals surface area contributed by atoms with E-state index in [1.54, 1.807) is 0 Å². The molecular formula is C7H8ClF2NS. The lowest BCUT2D eigenvalue weighted by molar-refractivity contribution is -0.0219. The van der Waals surface area contributed by atoms with Crippen LogP contribution in [0.5, 0.6) is 0 Å². The maximum Gasteiger partial charge on any atom is 0.296 e. The van der Waals surface area contributed by atoms with Gasteiger partial charge in [-0.2, -0.15) is 8.78 Å². The van der Waals surface area contributed by atoms with E-state index >= 15 is 0 Å². The summed E-state index contributed by atoms with van der Waals surface area (Å²) >= 11 is 6.37. The van der Waals surface area contributed by atoms with Crippen LogP contribution in [0.3, 0.4) is 0 Å². The molecule has 1 unspecified atom stereocenters. The van der Waals surface area contributed by atoms with Gasteiger partial charge in [-0.15, -0.1) is 11.3 Å². The van der Waals surface area contributed by atoms with Crippen molar-refractivity contribution in [3.63, 3.8) is 0 Å². The predicted molar refractivity (Wildman–Crippen MR) is 46.9 cm³/mol. The van der Waals surface area contributed by atoms with Crippen molar-refractivity contribution >= 4 is 22.9 Å². The first-order chi connectivity index (χ1) is 5.44. The van der Waals surface area contributed by atoms with Crippen LogP contribution in [0.15, 0.2) is 12.1 Å². The van der Waals surface area contributed by atoms with Crippen molar-refractivity contribution in [3.8, 4) is 0 Å². The third-order valence-corrected chi connectivity index (χ3v) is 2.79. The Balaban J connectivity index is 2.97. The number of nitrogens with two attached hydrogens (primary N) is 1. The fraction of sp³-hybridized carbons (Fsp3) is 0.429. The molecular weight excluding hydrogens is 204 g/mol. The standard InChI is InChI=1S/C7H8ClF2NS/c1-4(11)7(9,10)5-2-3-6(8)12-5/h2-4H,11H2,1H3. The molecule has 1 heterocycles.